The Kier molecular flexibility index (Phi) is 6.19. The molecular formula is C6H10Zn. The fourth-order valence-electron chi connectivity index (χ4n) is 0.351. The van der Waals surface area contributed by atoms with E-state index < -0.39 is 0 Å². The first kappa shape index (κ1) is 7.10. The van der Waals surface area contributed by atoms with Crippen molar-refractivity contribution in [1.29, 1.82) is 0 Å². The summed E-state index contributed by atoms with van der Waals surface area (Å²) in [7, 11) is 0. The van der Waals surface area contributed by atoms with E-state index in [0.29, 0.717) is 0 Å². The van der Waals surface area contributed by atoms with Gasteiger partial charge in [-0.15, -0.1) is 0 Å². The van der Waals surface area contributed by atoms with Crippen LogP contribution in [0.2, 0.25) is 0 Å². The molecule has 0 heterocycles. The van der Waals surface area contributed by atoms with Crippen molar-refractivity contribution in [3.05, 3.63) is 21.5 Å². The normalized spacial score (nSPS) is 10.6. The van der Waals surface area contributed by atoms with Crippen molar-refractivity contribution in [1.82, 2.24) is 0 Å². The first-order chi connectivity index (χ1) is 3.41. The summed E-state index contributed by atoms with van der Waals surface area (Å²) in [5.41, 5.74) is 0. The molecule has 0 saturated heterocycles. The van der Waals surface area contributed by atoms with Crippen LogP contribution in [-0.4, -0.2) is 0 Å². The zero-order valence-electron chi connectivity index (χ0n) is 5.02. The third-order valence-electron chi connectivity index (χ3n) is 0.744. The van der Waals surface area contributed by atoms with E-state index in [-0.39, 0.29) is 17.1 Å². The molecule has 0 saturated carbocycles. The van der Waals surface area contributed by atoms with E-state index in [9.17, 15) is 0 Å². The molecule has 0 aromatic heterocycles. The van der Waals surface area contributed by atoms with Gasteiger partial charge in [0.1, 0.15) is 0 Å². The van der Waals surface area contributed by atoms with Crippen molar-refractivity contribution in [2.75, 3.05) is 0 Å². The van der Waals surface area contributed by atoms with Crippen LogP contribution in [0.5, 0.6) is 0 Å². The third-order valence-corrected chi connectivity index (χ3v) is 3.86. The van der Waals surface area contributed by atoms with Crippen molar-refractivity contribution < 1.29 is 17.1 Å². The second kappa shape index (κ2) is 6.10. The molecule has 0 aliphatic rings. The number of hydrogen-bond acceptors (Lipinski definition) is 0. The van der Waals surface area contributed by atoms with Gasteiger partial charge in [-0.05, 0) is 0 Å². The predicted octanol–water partition coefficient (Wildman–Crippen LogP) is 2.14. The molecule has 0 spiro atoms. The van der Waals surface area contributed by atoms with E-state index in [1.165, 1.54) is 0 Å². The second-order valence-electron chi connectivity index (χ2n) is 1.37. The van der Waals surface area contributed by atoms with Gasteiger partial charge in [0.2, 0.25) is 0 Å². The standard InChI is InChI=1S/2C3H5.Zn/c2*1-3-2;/h2*1,3H,2H3;. The van der Waals surface area contributed by atoms with Gasteiger partial charge in [-0.1, -0.05) is 0 Å². The van der Waals surface area contributed by atoms with Crippen LogP contribution in [0.15, 0.2) is 21.5 Å². The molecule has 0 aromatic carbocycles. The maximum absolute atomic E-state index is 2.31. The molecule has 0 N–H and O–H groups in total. The Morgan fingerprint density at radius 3 is 1.71 bits per heavy atom. The van der Waals surface area contributed by atoms with Gasteiger partial charge < -0.3 is 0 Å². The third kappa shape index (κ3) is 6.10. The summed E-state index contributed by atoms with van der Waals surface area (Å²) >= 11 is -0.309. The van der Waals surface area contributed by atoms with Gasteiger partial charge in [0, 0.05) is 0 Å². The number of hydrogen-bond donors (Lipinski definition) is 0. The first-order valence-corrected chi connectivity index (χ1v) is 6.06. The van der Waals surface area contributed by atoms with Crippen LogP contribution in [-0.2, 0) is 17.1 Å². The van der Waals surface area contributed by atoms with Gasteiger partial charge in [-0.3, -0.25) is 0 Å². The van der Waals surface area contributed by atoms with E-state index in [2.05, 4.69) is 35.3 Å². The molecule has 0 aliphatic heterocycles. The van der Waals surface area contributed by atoms with Gasteiger partial charge in [-0.2, -0.15) is 0 Å². The molecule has 0 aliphatic carbocycles. The van der Waals surface area contributed by atoms with E-state index in [1.807, 2.05) is 0 Å². The van der Waals surface area contributed by atoms with Crippen LogP contribution >= 0.6 is 0 Å². The molecule has 0 fully saturated rings. The molecule has 0 rings (SSSR count). The number of allylic oxidation sites excluding steroid dienone is 2. The molecule has 0 nitrogen and oxygen atoms in total. The fraction of sp³-hybridized carbons (Fsp3) is 0.333. The minimum absolute atomic E-state index is 0.309. The molecule has 0 aromatic rings. The van der Waals surface area contributed by atoms with Gasteiger partial charge in [0.15, 0.2) is 0 Å². The van der Waals surface area contributed by atoms with Gasteiger partial charge >= 0.3 is 52.5 Å². The predicted molar refractivity (Wildman–Crippen MR) is 29.6 cm³/mol. The Hall–Kier alpha value is 0.103. The molecule has 36 valence electrons. The van der Waals surface area contributed by atoms with Crippen molar-refractivity contribution in [2.45, 2.75) is 13.8 Å². The summed E-state index contributed by atoms with van der Waals surface area (Å²) < 4.78 is 4.62. The average molecular weight is 148 g/mol. The van der Waals surface area contributed by atoms with Crippen LogP contribution < -0.4 is 0 Å². The van der Waals surface area contributed by atoms with Gasteiger partial charge in [-0.25, -0.2) is 0 Å². The molecular weight excluding hydrogens is 137 g/mol. The summed E-state index contributed by atoms with van der Waals surface area (Å²) in [6.45, 7) is 4.16. The Balaban J connectivity index is 2.98. The molecule has 0 amide bonds. The fourth-order valence-corrected chi connectivity index (χ4v) is 1.82. The van der Waals surface area contributed by atoms with E-state index in [0.717, 1.165) is 0 Å². The molecule has 0 bridgehead atoms. The summed E-state index contributed by atoms with van der Waals surface area (Å²) in [6, 6.07) is 0. The van der Waals surface area contributed by atoms with Crippen molar-refractivity contribution in [3.8, 4) is 0 Å². The van der Waals surface area contributed by atoms with Crippen molar-refractivity contribution in [2.24, 2.45) is 0 Å². The van der Waals surface area contributed by atoms with E-state index in [1.54, 1.807) is 0 Å². The van der Waals surface area contributed by atoms with Crippen LogP contribution in [0.1, 0.15) is 13.8 Å². The Bertz CT molecular complexity index is 62.2. The average Bonchev–Trinajstić information content (AvgIpc) is 1.69. The second-order valence-corrected chi connectivity index (χ2v) is 4.34. The quantitative estimate of drug-likeness (QED) is 0.525. The summed E-state index contributed by atoms with van der Waals surface area (Å²) in [5, 5.41) is 0. The van der Waals surface area contributed by atoms with Crippen molar-refractivity contribution >= 4 is 0 Å². The van der Waals surface area contributed by atoms with Crippen LogP contribution in [0.3, 0.4) is 0 Å². The van der Waals surface area contributed by atoms with Crippen molar-refractivity contribution in [3.63, 3.8) is 0 Å². The van der Waals surface area contributed by atoms with Gasteiger partial charge in [0.05, 0.1) is 0 Å². The van der Waals surface area contributed by atoms with E-state index >= 15 is 0 Å². The summed E-state index contributed by atoms with van der Waals surface area (Å²) in [4.78, 5) is 0. The molecule has 0 radical (unpaired) electrons. The Morgan fingerprint density at radius 2 is 1.43 bits per heavy atom. The van der Waals surface area contributed by atoms with Crippen LogP contribution in [0.25, 0.3) is 0 Å². The first-order valence-electron chi connectivity index (χ1n) is 2.64. The molecule has 1 heteroatoms. The summed E-state index contributed by atoms with van der Waals surface area (Å²) in [6.07, 6.45) is 4.28. The SMILES string of the molecule is C/C=[CH]\[Zn]/[CH]=C\C. The van der Waals surface area contributed by atoms with Gasteiger partial charge in [0.25, 0.3) is 0 Å². The van der Waals surface area contributed by atoms with E-state index in [4.69, 9.17) is 0 Å². The maximum atomic E-state index is 2.31. The number of rotatable bonds is 2. The zero-order valence-corrected chi connectivity index (χ0v) is 7.98. The Morgan fingerprint density at radius 1 is 1.00 bits per heavy atom. The van der Waals surface area contributed by atoms with Crippen LogP contribution in [0.4, 0.5) is 0 Å². The minimum atomic E-state index is -0.309. The molecule has 0 atom stereocenters. The topological polar surface area (TPSA) is 0 Å². The monoisotopic (exact) mass is 146 g/mol. The molecule has 7 heavy (non-hydrogen) atoms. The summed E-state index contributed by atoms with van der Waals surface area (Å²) in [5.74, 6) is 0. The Labute approximate surface area is 52.9 Å². The molecule has 0 unspecified atom stereocenters. The van der Waals surface area contributed by atoms with Crippen LogP contribution in [0, 0.1) is 0 Å². The zero-order chi connectivity index (χ0) is 5.54.